The number of hydrogen-bond donors (Lipinski definition) is 3. The molecule has 0 bridgehead atoms. The summed E-state index contributed by atoms with van der Waals surface area (Å²) in [4.78, 5) is 38.5. The van der Waals surface area contributed by atoms with Gasteiger partial charge in [0.05, 0.1) is 12.8 Å². The number of nitrogens with two attached hydrogens (primary N) is 1. The molecule has 0 radical (unpaired) electrons. The fourth-order valence-electron chi connectivity index (χ4n) is 14.7. The van der Waals surface area contributed by atoms with Crippen LogP contribution >= 0.6 is 0 Å². The predicted octanol–water partition coefficient (Wildman–Crippen LogP) is 9.22. The Kier molecular flexibility index (Phi) is 10.2. The van der Waals surface area contributed by atoms with Crippen LogP contribution in [0.15, 0.2) is 12.2 Å². The average Bonchev–Trinajstić information content (AvgIpc) is 3.38. The lowest BCUT2D eigenvalue weighted by Crippen LogP contribution is -2.67. The summed E-state index contributed by atoms with van der Waals surface area (Å²) < 4.78 is 6.28. The van der Waals surface area contributed by atoms with E-state index in [0.29, 0.717) is 36.0 Å². The fourth-order valence-corrected chi connectivity index (χ4v) is 14.7. The van der Waals surface area contributed by atoms with E-state index in [9.17, 15) is 19.5 Å². The number of nitrogens with one attached hydrogen (secondary N) is 1. The van der Waals surface area contributed by atoms with Gasteiger partial charge >= 0.3 is 11.9 Å². The Morgan fingerprint density at radius 1 is 0.824 bits per heavy atom. The summed E-state index contributed by atoms with van der Waals surface area (Å²) in [6.07, 6.45) is 16.0. The van der Waals surface area contributed by atoms with Crippen LogP contribution in [0.2, 0.25) is 0 Å². The molecule has 6 aliphatic carbocycles. The molecule has 288 valence electrons. The molecule has 7 nitrogen and oxygen atoms in total. The van der Waals surface area contributed by atoms with E-state index in [2.05, 4.69) is 53.4 Å². The zero-order valence-corrected chi connectivity index (χ0v) is 33.5. The predicted molar refractivity (Wildman–Crippen MR) is 202 cm³/mol. The highest BCUT2D eigenvalue weighted by molar-refractivity contribution is 5.77. The Morgan fingerprint density at radius 2 is 1.51 bits per heavy atom. The summed E-state index contributed by atoms with van der Waals surface area (Å²) in [5.41, 5.74) is 7.34. The second-order valence-electron chi connectivity index (χ2n) is 21.2. The SMILES string of the molecule is C=C(C)[C@@H]1CC[C@]2(CC(=O)NC3CCC(N)CC3)CC[C@]3(C)[C@H](CC[C@@H]4[C@@]5(C)CC[C@H](OC(=O)CC(C)(C)CC(=O)O)C(C)(C)[C@@H]5CC[C@]43C)[C@@H]12. The van der Waals surface area contributed by atoms with Crippen molar-refractivity contribution in [3.05, 3.63) is 12.2 Å². The molecule has 4 N–H and O–H groups in total. The highest BCUT2D eigenvalue weighted by atomic mass is 16.5. The number of amides is 1. The minimum Gasteiger partial charge on any atom is -0.481 e. The van der Waals surface area contributed by atoms with Crippen molar-refractivity contribution in [2.24, 2.45) is 67.8 Å². The van der Waals surface area contributed by atoms with Crippen LogP contribution in [0.3, 0.4) is 0 Å². The third kappa shape index (κ3) is 6.64. The van der Waals surface area contributed by atoms with E-state index in [-0.39, 0.29) is 70.0 Å². The zero-order chi connectivity index (χ0) is 37.4. The first-order valence-electron chi connectivity index (χ1n) is 20.8. The summed E-state index contributed by atoms with van der Waals surface area (Å²) >= 11 is 0. The molecular formula is C44H72N2O5. The standard InChI is InChI=1S/C44H72N2O5/c1-27(2)30-16-21-44(24-35(47)46-29-12-10-28(45)11-13-29)23-22-42(8)31(38(30)44)14-15-33-41(7)19-18-34(40(5,6)32(41)17-20-43(33,42)9)51-37(50)26-39(3,4)25-36(48)49/h28-34,38H,1,10-26,45H2,2-9H3,(H,46,47)(H,48,49)/t28?,29?,30-,31+,32-,33+,34-,38+,41-,42+,43+,44+/m0/s1. The number of rotatable bonds is 9. The molecule has 51 heavy (non-hydrogen) atoms. The summed E-state index contributed by atoms with van der Waals surface area (Å²) in [6, 6.07) is 0.557. The van der Waals surface area contributed by atoms with Gasteiger partial charge < -0.3 is 20.9 Å². The Labute approximate surface area is 309 Å². The Morgan fingerprint density at radius 3 is 2.16 bits per heavy atom. The lowest BCUT2D eigenvalue weighted by atomic mass is 9.32. The van der Waals surface area contributed by atoms with Crippen LogP contribution in [-0.2, 0) is 19.1 Å². The minimum absolute atomic E-state index is 0.0464. The highest BCUT2D eigenvalue weighted by Crippen LogP contribution is 2.78. The number of aliphatic carboxylic acids is 1. The summed E-state index contributed by atoms with van der Waals surface area (Å²) in [5.74, 6) is 1.79. The number of allylic oxidation sites excluding steroid dienone is 1. The van der Waals surface area contributed by atoms with E-state index in [1.807, 2.05) is 13.8 Å². The maximum absolute atomic E-state index is 13.9. The molecule has 1 amide bonds. The molecule has 7 heteroatoms. The van der Waals surface area contributed by atoms with Crippen molar-refractivity contribution in [2.75, 3.05) is 0 Å². The highest BCUT2D eigenvalue weighted by Gasteiger charge is 2.71. The van der Waals surface area contributed by atoms with E-state index >= 15 is 0 Å². The van der Waals surface area contributed by atoms with Crippen molar-refractivity contribution < 1.29 is 24.2 Å². The molecular weight excluding hydrogens is 636 g/mol. The van der Waals surface area contributed by atoms with Crippen molar-refractivity contribution >= 4 is 17.8 Å². The number of carboxylic acids is 1. The van der Waals surface area contributed by atoms with Gasteiger partial charge in [0.15, 0.2) is 0 Å². The molecule has 6 rings (SSSR count). The van der Waals surface area contributed by atoms with Crippen LogP contribution in [0.1, 0.15) is 165 Å². The molecule has 10 atom stereocenters. The largest absolute Gasteiger partial charge is 0.481 e. The van der Waals surface area contributed by atoms with E-state index < -0.39 is 11.4 Å². The molecule has 6 fully saturated rings. The number of hydrogen-bond acceptors (Lipinski definition) is 5. The van der Waals surface area contributed by atoms with Crippen molar-refractivity contribution in [1.29, 1.82) is 0 Å². The molecule has 0 spiro atoms. The molecule has 0 aliphatic heterocycles. The number of carboxylic acid groups (broad SMARTS) is 1. The van der Waals surface area contributed by atoms with Gasteiger partial charge in [0, 0.05) is 23.9 Å². The molecule has 0 aromatic rings. The molecule has 0 heterocycles. The summed E-state index contributed by atoms with van der Waals surface area (Å²) in [7, 11) is 0. The normalized spacial score (nSPS) is 44.6. The van der Waals surface area contributed by atoms with Gasteiger partial charge in [-0.25, -0.2) is 0 Å². The fraction of sp³-hybridized carbons (Fsp3) is 0.886. The molecule has 0 saturated heterocycles. The van der Waals surface area contributed by atoms with E-state index in [4.69, 9.17) is 10.5 Å². The number of carbonyl (C=O) groups is 3. The lowest BCUT2D eigenvalue weighted by Gasteiger charge is -2.73. The third-order valence-electron chi connectivity index (χ3n) is 17.4. The van der Waals surface area contributed by atoms with Crippen LogP contribution in [0.5, 0.6) is 0 Å². The lowest BCUT2D eigenvalue weighted by molar-refractivity contribution is -0.250. The molecule has 0 unspecified atom stereocenters. The average molecular weight is 709 g/mol. The van der Waals surface area contributed by atoms with Crippen LogP contribution in [0.25, 0.3) is 0 Å². The first-order chi connectivity index (χ1) is 23.7. The second-order valence-corrected chi connectivity index (χ2v) is 21.2. The molecule has 0 aromatic carbocycles. The smallest absolute Gasteiger partial charge is 0.306 e. The number of esters is 1. The van der Waals surface area contributed by atoms with Gasteiger partial charge in [0.25, 0.3) is 0 Å². The summed E-state index contributed by atoms with van der Waals surface area (Å²) in [6.45, 7) is 23.1. The first-order valence-corrected chi connectivity index (χ1v) is 20.8. The van der Waals surface area contributed by atoms with E-state index in [0.717, 1.165) is 57.8 Å². The number of carbonyl (C=O) groups excluding carboxylic acids is 2. The minimum atomic E-state index is -0.881. The quantitative estimate of drug-likeness (QED) is 0.162. The van der Waals surface area contributed by atoms with E-state index in [1.54, 1.807) is 0 Å². The Balaban J connectivity index is 1.21. The molecule has 0 aromatic heterocycles. The Hall–Kier alpha value is -1.89. The van der Waals surface area contributed by atoms with Crippen LogP contribution < -0.4 is 11.1 Å². The van der Waals surface area contributed by atoms with Crippen LogP contribution in [0.4, 0.5) is 0 Å². The monoisotopic (exact) mass is 709 g/mol. The van der Waals surface area contributed by atoms with Crippen LogP contribution in [0, 0.1) is 62.1 Å². The molecule has 6 saturated carbocycles. The molecule has 6 aliphatic rings. The van der Waals surface area contributed by atoms with Gasteiger partial charge in [-0.1, -0.05) is 60.6 Å². The second kappa shape index (κ2) is 13.4. The van der Waals surface area contributed by atoms with Crippen molar-refractivity contribution in [3.63, 3.8) is 0 Å². The topological polar surface area (TPSA) is 119 Å². The van der Waals surface area contributed by atoms with Gasteiger partial charge in [-0.2, -0.15) is 0 Å². The van der Waals surface area contributed by atoms with Crippen molar-refractivity contribution in [2.45, 2.75) is 183 Å². The van der Waals surface area contributed by atoms with Gasteiger partial charge in [0.1, 0.15) is 6.10 Å². The maximum atomic E-state index is 13.9. The number of ether oxygens (including phenoxy) is 1. The third-order valence-corrected chi connectivity index (χ3v) is 17.4. The maximum Gasteiger partial charge on any atom is 0.306 e. The van der Waals surface area contributed by atoms with Crippen molar-refractivity contribution in [3.8, 4) is 0 Å². The van der Waals surface area contributed by atoms with E-state index in [1.165, 1.54) is 37.7 Å². The first kappa shape index (κ1) is 38.8. The zero-order valence-electron chi connectivity index (χ0n) is 33.5. The van der Waals surface area contributed by atoms with Gasteiger partial charge in [-0.3, -0.25) is 14.4 Å². The summed E-state index contributed by atoms with van der Waals surface area (Å²) in [5, 5.41) is 12.8. The van der Waals surface area contributed by atoms with Gasteiger partial charge in [-0.05, 0) is 153 Å². The van der Waals surface area contributed by atoms with Gasteiger partial charge in [-0.15, -0.1) is 0 Å². The van der Waals surface area contributed by atoms with Crippen LogP contribution in [-0.4, -0.2) is 41.1 Å². The Bertz CT molecular complexity index is 1380. The van der Waals surface area contributed by atoms with Gasteiger partial charge in [0.2, 0.25) is 5.91 Å². The van der Waals surface area contributed by atoms with Crippen molar-refractivity contribution in [1.82, 2.24) is 5.32 Å². The number of fused-ring (bicyclic) bond motifs is 7.